The van der Waals surface area contributed by atoms with Gasteiger partial charge in [0.15, 0.2) is 0 Å². The van der Waals surface area contributed by atoms with Crippen LogP contribution in [0.1, 0.15) is 42.4 Å². The van der Waals surface area contributed by atoms with E-state index in [4.69, 9.17) is 9.47 Å². The van der Waals surface area contributed by atoms with E-state index in [2.05, 4.69) is 18.2 Å². The molecule has 1 heterocycles. The highest BCUT2D eigenvalue weighted by Crippen LogP contribution is 2.48. The third-order valence-corrected chi connectivity index (χ3v) is 7.18. The standard InChI is InChI=1S/C29H29FO4/c1-17(29(31)32)28(20-7-8-20)22-10-9-21-14-24(34-27(21)15-22)13-18-3-5-19(6-4-18)25-16-23(33-2)11-12-26(25)30/h3-6,9-12,15-17,20,24,28H,7-8,13-14H2,1-2H3,(H,31,32). The van der Waals surface area contributed by atoms with Crippen molar-refractivity contribution in [3.8, 4) is 22.6 Å². The van der Waals surface area contributed by atoms with Crippen molar-refractivity contribution < 1.29 is 23.8 Å². The number of carboxylic acid groups (broad SMARTS) is 1. The van der Waals surface area contributed by atoms with Crippen molar-refractivity contribution in [2.24, 2.45) is 11.8 Å². The van der Waals surface area contributed by atoms with Gasteiger partial charge in [0.2, 0.25) is 0 Å². The Morgan fingerprint density at radius 3 is 2.56 bits per heavy atom. The van der Waals surface area contributed by atoms with Crippen LogP contribution in [0, 0.1) is 17.7 Å². The van der Waals surface area contributed by atoms with Gasteiger partial charge in [-0.05, 0) is 71.2 Å². The molecule has 5 heteroatoms. The SMILES string of the molecule is COc1ccc(F)c(-c2ccc(CC3Cc4ccc(C(C5CC5)C(C)C(=O)O)cc4O3)cc2)c1. The maximum absolute atomic E-state index is 14.3. The highest BCUT2D eigenvalue weighted by molar-refractivity contribution is 5.71. The predicted octanol–water partition coefficient (Wildman–Crippen LogP) is 6.26. The number of ether oxygens (including phenoxy) is 2. The number of carbonyl (C=O) groups is 1. The van der Waals surface area contributed by atoms with Gasteiger partial charge in [0.25, 0.3) is 0 Å². The molecule has 0 bridgehead atoms. The monoisotopic (exact) mass is 460 g/mol. The molecule has 1 saturated carbocycles. The number of rotatable bonds is 8. The lowest BCUT2D eigenvalue weighted by Gasteiger charge is -2.21. The number of methoxy groups -OCH3 is 1. The van der Waals surface area contributed by atoms with Crippen LogP contribution in [0.15, 0.2) is 60.7 Å². The van der Waals surface area contributed by atoms with E-state index in [1.165, 1.54) is 11.6 Å². The van der Waals surface area contributed by atoms with Crippen LogP contribution >= 0.6 is 0 Å². The Balaban J connectivity index is 1.28. The van der Waals surface area contributed by atoms with Crippen molar-refractivity contribution in [2.75, 3.05) is 7.11 Å². The summed E-state index contributed by atoms with van der Waals surface area (Å²) in [5, 5.41) is 9.57. The highest BCUT2D eigenvalue weighted by Gasteiger charge is 2.39. The second-order valence-electron chi connectivity index (χ2n) is 9.55. The first-order valence-electron chi connectivity index (χ1n) is 11.9. The minimum atomic E-state index is -0.742. The Bertz CT molecular complexity index is 1200. The molecule has 0 saturated heterocycles. The summed E-state index contributed by atoms with van der Waals surface area (Å²) in [6.07, 6.45) is 3.80. The van der Waals surface area contributed by atoms with Gasteiger partial charge in [0.05, 0.1) is 13.0 Å². The molecule has 4 nitrogen and oxygen atoms in total. The molecule has 1 aliphatic heterocycles. The van der Waals surface area contributed by atoms with E-state index in [-0.39, 0.29) is 17.8 Å². The number of hydrogen-bond acceptors (Lipinski definition) is 3. The van der Waals surface area contributed by atoms with Gasteiger partial charge in [0, 0.05) is 18.4 Å². The summed E-state index contributed by atoms with van der Waals surface area (Å²) in [5.41, 5.74) is 4.69. The van der Waals surface area contributed by atoms with E-state index in [1.807, 2.05) is 31.2 Å². The fraction of sp³-hybridized carbons (Fsp3) is 0.345. The number of benzene rings is 3. The zero-order valence-corrected chi connectivity index (χ0v) is 19.5. The molecule has 34 heavy (non-hydrogen) atoms. The average Bonchev–Trinajstić information content (AvgIpc) is 3.58. The van der Waals surface area contributed by atoms with Crippen LogP contribution in [-0.4, -0.2) is 24.3 Å². The van der Waals surface area contributed by atoms with Crippen molar-refractivity contribution in [2.45, 2.75) is 44.6 Å². The van der Waals surface area contributed by atoms with Crippen molar-refractivity contribution in [1.29, 1.82) is 0 Å². The molecule has 2 aliphatic rings. The summed E-state index contributed by atoms with van der Waals surface area (Å²) >= 11 is 0. The normalized spacial score (nSPS) is 18.6. The number of fused-ring (bicyclic) bond motifs is 1. The molecule has 0 amide bonds. The minimum absolute atomic E-state index is 0.0286. The molecule has 3 aromatic rings. The Labute approximate surface area is 199 Å². The average molecular weight is 461 g/mol. The molecule has 0 aromatic heterocycles. The molecule has 1 N–H and O–H groups in total. The molecule has 0 radical (unpaired) electrons. The van der Waals surface area contributed by atoms with Gasteiger partial charge in [-0.15, -0.1) is 0 Å². The van der Waals surface area contributed by atoms with Crippen molar-refractivity contribution >= 4 is 5.97 Å². The summed E-state index contributed by atoms with van der Waals surface area (Å²) in [5.74, 6) is 0.563. The fourth-order valence-electron chi connectivity index (χ4n) is 5.15. The van der Waals surface area contributed by atoms with Crippen LogP contribution in [0.2, 0.25) is 0 Å². The smallest absolute Gasteiger partial charge is 0.306 e. The zero-order valence-electron chi connectivity index (χ0n) is 19.5. The van der Waals surface area contributed by atoms with Gasteiger partial charge in [-0.25, -0.2) is 4.39 Å². The minimum Gasteiger partial charge on any atom is -0.497 e. The number of hydrogen-bond donors (Lipinski definition) is 1. The Hall–Kier alpha value is -3.34. The van der Waals surface area contributed by atoms with Crippen LogP contribution in [-0.2, 0) is 17.6 Å². The fourth-order valence-corrected chi connectivity index (χ4v) is 5.15. The van der Waals surface area contributed by atoms with Gasteiger partial charge >= 0.3 is 5.97 Å². The number of halogens is 1. The Kier molecular flexibility index (Phi) is 6.03. The second-order valence-corrected chi connectivity index (χ2v) is 9.55. The van der Waals surface area contributed by atoms with Crippen molar-refractivity contribution in [3.05, 3.63) is 83.2 Å². The molecule has 1 aliphatic carbocycles. The molecule has 3 aromatic carbocycles. The molecule has 3 atom stereocenters. The lowest BCUT2D eigenvalue weighted by atomic mass is 9.83. The summed E-state index contributed by atoms with van der Waals surface area (Å²) in [7, 11) is 1.57. The topological polar surface area (TPSA) is 55.8 Å². The highest BCUT2D eigenvalue weighted by atomic mass is 19.1. The molecule has 1 fully saturated rings. The second kappa shape index (κ2) is 9.13. The summed E-state index contributed by atoms with van der Waals surface area (Å²) in [4.78, 5) is 11.6. The zero-order chi connectivity index (χ0) is 23.8. The quantitative estimate of drug-likeness (QED) is 0.431. The van der Waals surface area contributed by atoms with Gasteiger partial charge in [-0.3, -0.25) is 4.79 Å². The molecule has 176 valence electrons. The first kappa shape index (κ1) is 22.5. The predicted molar refractivity (Wildman–Crippen MR) is 129 cm³/mol. The molecule has 3 unspecified atom stereocenters. The summed E-state index contributed by atoms with van der Waals surface area (Å²) in [6, 6.07) is 18.9. The van der Waals surface area contributed by atoms with E-state index in [1.54, 1.807) is 19.2 Å². The Morgan fingerprint density at radius 1 is 1.12 bits per heavy atom. The van der Waals surface area contributed by atoms with Gasteiger partial charge in [0.1, 0.15) is 23.4 Å². The summed E-state index contributed by atoms with van der Waals surface area (Å²) < 4.78 is 25.8. The van der Waals surface area contributed by atoms with Gasteiger partial charge in [-0.1, -0.05) is 43.3 Å². The number of carboxylic acids is 1. The maximum atomic E-state index is 14.3. The van der Waals surface area contributed by atoms with E-state index in [0.29, 0.717) is 17.2 Å². The van der Waals surface area contributed by atoms with E-state index in [0.717, 1.165) is 48.1 Å². The van der Waals surface area contributed by atoms with Crippen LogP contribution < -0.4 is 9.47 Å². The largest absolute Gasteiger partial charge is 0.497 e. The molecular formula is C29H29FO4. The van der Waals surface area contributed by atoms with Gasteiger partial charge in [-0.2, -0.15) is 0 Å². The van der Waals surface area contributed by atoms with E-state index >= 15 is 0 Å². The molecular weight excluding hydrogens is 431 g/mol. The summed E-state index contributed by atoms with van der Waals surface area (Å²) in [6.45, 7) is 1.81. The lowest BCUT2D eigenvalue weighted by Crippen LogP contribution is -2.20. The van der Waals surface area contributed by atoms with Crippen LogP contribution in [0.5, 0.6) is 11.5 Å². The molecule has 0 spiro atoms. The van der Waals surface area contributed by atoms with Crippen LogP contribution in [0.25, 0.3) is 11.1 Å². The van der Waals surface area contributed by atoms with Crippen molar-refractivity contribution in [1.82, 2.24) is 0 Å². The number of aliphatic carboxylic acids is 1. The Morgan fingerprint density at radius 2 is 1.88 bits per heavy atom. The van der Waals surface area contributed by atoms with Crippen LogP contribution in [0.4, 0.5) is 4.39 Å². The maximum Gasteiger partial charge on any atom is 0.306 e. The first-order chi connectivity index (χ1) is 16.4. The third kappa shape index (κ3) is 4.52. The third-order valence-electron chi connectivity index (χ3n) is 7.18. The van der Waals surface area contributed by atoms with Crippen molar-refractivity contribution in [3.63, 3.8) is 0 Å². The van der Waals surface area contributed by atoms with Gasteiger partial charge < -0.3 is 14.6 Å². The van der Waals surface area contributed by atoms with E-state index in [9.17, 15) is 14.3 Å². The molecule has 5 rings (SSSR count). The van der Waals surface area contributed by atoms with Crippen LogP contribution in [0.3, 0.4) is 0 Å². The first-order valence-corrected chi connectivity index (χ1v) is 11.9. The van der Waals surface area contributed by atoms with E-state index < -0.39 is 11.9 Å². The lowest BCUT2D eigenvalue weighted by molar-refractivity contribution is -0.142.